The third-order valence-electron chi connectivity index (χ3n) is 1.22. The Labute approximate surface area is 76.7 Å². The fourth-order valence-electron chi connectivity index (χ4n) is 0.657. The van der Waals surface area contributed by atoms with E-state index in [1.165, 1.54) is 0 Å². The van der Waals surface area contributed by atoms with Gasteiger partial charge in [-0.3, -0.25) is 4.79 Å². The maximum absolute atomic E-state index is 12.0. The van der Waals surface area contributed by atoms with E-state index in [4.69, 9.17) is 0 Å². The quantitative estimate of drug-likeness (QED) is 0.694. The predicted molar refractivity (Wildman–Crippen MR) is 38.6 cm³/mol. The van der Waals surface area contributed by atoms with Gasteiger partial charge in [0, 0.05) is 0 Å². The smallest absolute Gasteiger partial charge is 0.434 e. The lowest BCUT2D eigenvalue weighted by Crippen LogP contribution is -2.09. The molecule has 7 heteroatoms. The minimum absolute atomic E-state index is 0.120. The van der Waals surface area contributed by atoms with Gasteiger partial charge in [0.15, 0.2) is 12.0 Å². The third-order valence-corrected chi connectivity index (χ3v) is 1.22. The van der Waals surface area contributed by atoms with Crippen LogP contribution in [0.5, 0.6) is 5.88 Å². The lowest BCUT2D eigenvalue weighted by atomic mass is 10.4. The van der Waals surface area contributed by atoms with Crippen LogP contribution < -0.4 is 4.74 Å². The molecular weight excluding hydrogens is 201 g/mol. The molecule has 1 rings (SSSR count). The van der Waals surface area contributed by atoms with Crippen molar-refractivity contribution in [1.82, 2.24) is 9.97 Å². The van der Waals surface area contributed by atoms with Gasteiger partial charge in [0.25, 0.3) is 0 Å². The van der Waals surface area contributed by atoms with Crippen LogP contribution in [-0.2, 0) is 11.0 Å². The van der Waals surface area contributed by atoms with Crippen molar-refractivity contribution in [2.24, 2.45) is 0 Å². The van der Waals surface area contributed by atoms with Crippen molar-refractivity contribution in [2.75, 3.05) is 6.61 Å². The zero-order valence-corrected chi connectivity index (χ0v) is 6.78. The first-order valence-electron chi connectivity index (χ1n) is 3.49. The third kappa shape index (κ3) is 2.68. The topological polar surface area (TPSA) is 52.1 Å². The van der Waals surface area contributed by atoms with Crippen LogP contribution in [0.1, 0.15) is 5.69 Å². The molecule has 0 fully saturated rings. The molecule has 0 aliphatic rings. The van der Waals surface area contributed by atoms with Crippen LogP contribution in [0, 0.1) is 0 Å². The minimum Gasteiger partial charge on any atom is -0.469 e. The van der Waals surface area contributed by atoms with Gasteiger partial charge in [-0.2, -0.15) is 13.2 Å². The standard InChI is InChI=1S/C7H5F3N2O2/c8-7(9,10)5-3-12-6(4-11-5)14-2-1-13/h1,3-4H,2H2. The number of nitrogens with zero attached hydrogens (tertiary/aromatic N) is 2. The molecule has 0 aromatic carbocycles. The minimum atomic E-state index is -4.52. The Balaban J connectivity index is 2.73. The van der Waals surface area contributed by atoms with Gasteiger partial charge >= 0.3 is 6.18 Å². The summed E-state index contributed by atoms with van der Waals surface area (Å²) in [6.07, 6.45) is -2.71. The van der Waals surface area contributed by atoms with Crippen LogP contribution in [0.3, 0.4) is 0 Å². The molecular formula is C7H5F3N2O2. The molecule has 1 aromatic heterocycles. The Morgan fingerprint density at radius 2 is 2.07 bits per heavy atom. The average molecular weight is 206 g/mol. The van der Waals surface area contributed by atoms with E-state index >= 15 is 0 Å². The Kier molecular flexibility index (Phi) is 3.00. The Hall–Kier alpha value is -1.66. The van der Waals surface area contributed by atoms with Crippen molar-refractivity contribution in [2.45, 2.75) is 6.18 Å². The van der Waals surface area contributed by atoms with E-state index in [-0.39, 0.29) is 12.5 Å². The van der Waals surface area contributed by atoms with Gasteiger partial charge in [-0.1, -0.05) is 0 Å². The van der Waals surface area contributed by atoms with Crippen molar-refractivity contribution in [3.8, 4) is 5.88 Å². The second-order valence-electron chi connectivity index (χ2n) is 2.22. The number of carbonyl (C=O) groups excluding carboxylic acids is 1. The maximum atomic E-state index is 12.0. The first kappa shape index (κ1) is 10.4. The summed E-state index contributed by atoms with van der Waals surface area (Å²) in [6.45, 7) is -0.264. The van der Waals surface area contributed by atoms with Crippen molar-refractivity contribution in [3.63, 3.8) is 0 Å². The average Bonchev–Trinajstić information content (AvgIpc) is 2.14. The summed E-state index contributed by atoms with van der Waals surface area (Å²) in [4.78, 5) is 16.2. The number of carbonyl (C=O) groups is 1. The lowest BCUT2D eigenvalue weighted by Gasteiger charge is -2.05. The van der Waals surface area contributed by atoms with Gasteiger partial charge in [-0.25, -0.2) is 9.97 Å². The predicted octanol–water partition coefficient (Wildman–Crippen LogP) is 1.07. The molecule has 4 nitrogen and oxygen atoms in total. The number of halogens is 3. The van der Waals surface area contributed by atoms with Crippen molar-refractivity contribution >= 4 is 6.29 Å². The lowest BCUT2D eigenvalue weighted by molar-refractivity contribution is -0.141. The number of hydrogen-bond donors (Lipinski definition) is 0. The van der Waals surface area contributed by atoms with Crippen LogP contribution in [0.15, 0.2) is 12.4 Å². The van der Waals surface area contributed by atoms with E-state index in [1.54, 1.807) is 0 Å². The summed E-state index contributed by atoms with van der Waals surface area (Å²) < 4.78 is 40.5. The molecule has 0 N–H and O–H groups in total. The summed E-state index contributed by atoms with van der Waals surface area (Å²) >= 11 is 0. The van der Waals surface area contributed by atoms with E-state index in [0.717, 1.165) is 6.20 Å². The normalized spacial score (nSPS) is 11.1. The molecule has 76 valence electrons. The molecule has 0 aliphatic carbocycles. The molecule has 0 radical (unpaired) electrons. The number of aldehydes is 1. The van der Waals surface area contributed by atoms with E-state index < -0.39 is 11.9 Å². The molecule has 1 heterocycles. The molecule has 0 saturated heterocycles. The van der Waals surface area contributed by atoms with Gasteiger partial charge in [0.05, 0.1) is 12.4 Å². The fraction of sp³-hybridized carbons (Fsp3) is 0.286. The summed E-state index contributed by atoms with van der Waals surface area (Å²) in [6, 6.07) is 0. The van der Waals surface area contributed by atoms with Crippen LogP contribution in [0.4, 0.5) is 13.2 Å². The molecule has 0 amide bonds. The monoisotopic (exact) mass is 206 g/mol. The Bertz CT molecular complexity index is 310. The Morgan fingerprint density at radius 3 is 2.50 bits per heavy atom. The van der Waals surface area contributed by atoms with Crippen LogP contribution in [-0.4, -0.2) is 22.9 Å². The summed E-state index contributed by atoms with van der Waals surface area (Å²) in [7, 11) is 0. The highest BCUT2D eigenvalue weighted by Gasteiger charge is 2.32. The SMILES string of the molecule is O=CCOc1cnc(C(F)(F)F)cn1. The molecule has 0 atom stereocenters. The summed E-state index contributed by atoms with van der Waals surface area (Å²) in [5, 5.41) is 0. The number of ether oxygens (including phenoxy) is 1. The molecule has 0 unspecified atom stereocenters. The van der Waals surface area contributed by atoms with Crippen LogP contribution >= 0.6 is 0 Å². The first-order chi connectivity index (χ1) is 6.54. The van der Waals surface area contributed by atoms with Gasteiger partial charge < -0.3 is 4.74 Å². The van der Waals surface area contributed by atoms with Crippen molar-refractivity contribution < 1.29 is 22.7 Å². The van der Waals surface area contributed by atoms with E-state index in [0.29, 0.717) is 12.5 Å². The highest BCUT2D eigenvalue weighted by Crippen LogP contribution is 2.26. The number of aromatic nitrogens is 2. The summed E-state index contributed by atoms with van der Waals surface area (Å²) in [5.74, 6) is -0.120. The maximum Gasteiger partial charge on any atom is 0.434 e. The van der Waals surface area contributed by atoms with Gasteiger partial charge in [-0.05, 0) is 0 Å². The highest BCUT2D eigenvalue weighted by atomic mass is 19.4. The molecule has 14 heavy (non-hydrogen) atoms. The van der Waals surface area contributed by atoms with E-state index in [1.807, 2.05) is 0 Å². The molecule has 0 spiro atoms. The molecule has 0 bridgehead atoms. The largest absolute Gasteiger partial charge is 0.469 e. The zero-order chi connectivity index (χ0) is 10.6. The van der Waals surface area contributed by atoms with Crippen LogP contribution in [0.25, 0.3) is 0 Å². The molecule has 0 aliphatic heterocycles. The number of alkyl halides is 3. The number of hydrogen-bond acceptors (Lipinski definition) is 4. The number of rotatable bonds is 3. The van der Waals surface area contributed by atoms with Gasteiger partial charge in [0.2, 0.25) is 5.88 Å². The highest BCUT2D eigenvalue weighted by molar-refractivity contribution is 5.51. The van der Waals surface area contributed by atoms with Gasteiger partial charge in [-0.15, -0.1) is 0 Å². The van der Waals surface area contributed by atoms with Gasteiger partial charge in [0.1, 0.15) is 6.61 Å². The fourth-order valence-corrected chi connectivity index (χ4v) is 0.657. The van der Waals surface area contributed by atoms with Crippen molar-refractivity contribution in [1.29, 1.82) is 0 Å². The molecule has 0 saturated carbocycles. The van der Waals surface area contributed by atoms with E-state index in [9.17, 15) is 18.0 Å². The summed E-state index contributed by atoms with van der Waals surface area (Å²) in [5.41, 5.74) is -1.10. The zero-order valence-electron chi connectivity index (χ0n) is 6.78. The molecule has 1 aromatic rings. The second kappa shape index (κ2) is 4.03. The first-order valence-corrected chi connectivity index (χ1v) is 3.49. The Morgan fingerprint density at radius 1 is 1.36 bits per heavy atom. The van der Waals surface area contributed by atoms with Crippen molar-refractivity contribution in [3.05, 3.63) is 18.1 Å². The second-order valence-corrected chi connectivity index (χ2v) is 2.22. The van der Waals surface area contributed by atoms with E-state index in [2.05, 4.69) is 14.7 Å². The van der Waals surface area contributed by atoms with Crippen LogP contribution in [0.2, 0.25) is 0 Å².